The zero-order valence-corrected chi connectivity index (χ0v) is 18.1. The first-order chi connectivity index (χ1) is 12.7. The summed E-state index contributed by atoms with van der Waals surface area (Å²) in [6.07, 6.45) is 3.40. The molecule has 2 unspecified atom stereocenters. The van der Waals surface area contributed by atoms with Gasteiger partial charge in [-0.25, -0.2) is 4.79 Å². The molecule has 1 saturated heterocycles. The molecule has 1 aliphatic rings. The average Bonchev–Trinajstić information content (AvgIpc) is 2.85. The fraction of sp³-hybridized carbons (Fsp3) is 0.810. The van der Waals surface area contributed by atoms with E-state index in [0.29, 0.717) is 12.6 Å². The number of nitrogens with zero attached hydrogens (tertiary/aromatic N) is 2. The van der Waals surface area contributed by atoms with Crippen LogP contribution in [0.1, 0.15) is 60.3 Å². The van der Waals surface area contributed by atoms with Gasteiger partial charge in [0.15, 0.2) is 6.61 Å². The molecule has 0 spiro atoms. The van der Waals surface area contributed by atoms with E-state index in [9.17, 15) is 9.59 Å². The zero-order valence-electron chi connectivity index (χ0n) is 18.1. The van der Waals surface area contributed by atoms with Crippen molar-refractivity contribution in [2.75, 3.05) is 33.3 Å². The van der Waals surface area contributed by atoms with Gasteiger partial charge in [-0.1, -0.05) is 33.6 Å². The lowest BCUT2D eigenvalue weighted by atomic mass is 10.0. The lowest BCUT2D eigenvalue weighted by Gasteiger charge is -2.27. The molecule has 0 radical (unpaired) electrons. The first-order valence-electron chi connectivity index (χ1n) is 9.99. The second-order valence-electron chi connectivity index (χ2n) is 7.86. The Morgan fingerprint density at radius 2 is 1.85 bits per heavy atom. The summed E-state index contributed by atoms with van der Waals surface area (Å²) < 4.78 is 5.13. The molecular formula is C21H39N3O3. The third-order valence-electron chi connectivity index (χ3n) is 4.42. The molecule has 27 heavy (non-hydrogen) atoms. The molecule has 2 amide bonds. The van der Waals surface area contributed by atoms with Crippen LogP contribution in [0.2, 0.25) is 0 Å². The van der Waals surface area contributed by atoms with E-state index in [1.165, 1.54) is 0 Å². The Kier molecular flexibility index (Phi) is 13.4. The van der Waals surface area contributed by atoms with Crippen molar-refractivity contribution in [1.82, 2.24) is 9.80 Å². The SMILES string of the molecule is CC#CCOC(=O)N1CCCC(N(C)CCC(C)C(N)=O)CC1.CC(C)C. The summed E-state index contributed by atoms with van der Waals surface area (Å²) in [5.41, 5.74) is 5.30. The number of ether oxygens (including phenoxy) is 1. The maximum atomic E-state index is 12.0. The van der Waals surface area contributed by atoms with Crippen LogP contribution in [0.3, 0.4) is 0 Å². The van der Waals surface area contributed by atoms with Gasteiger partial charge >= 0.3 is 6.09 Å². The minimum atomic E-state index is -0.279. The van der Waals surface area contributed by atoms with Gasteiger partial charge < -0.3 is 20.3 Å². The quantitative estimate of drug-likeness (QED) is 0.717. The van der Waals surface area contributed by atoms with Gasteiger partial charge in [-0.15, -0.1) is 5.92 Å². The molecule has 2 atom stereocenters. The van der Waals surface area contributed by atoms with Gasteiger partial charge in [0.25, 0.3) is 0 Å². The number of carbonyl (C=O) groups is 2. The van der Waals surface area contributed by atoms with Crippen LogP contribution in [-0.4, -0.2) is 61.1 Å². The highest BCUT2D eigenvalue weighted by atomic mass is 16.6. The van der Waals surface area contributed by atoms with Crippen molar-refractivity contribution < 1.29 is 14.3 Å². The molecule has 1 heterocycles. The van der Waals surface area contributed by atoms with Gasteiger partial charge in [0.05, 0.1) is 0 Å². The Balaban J connectivity index is 0.00000153. The summed E-state index contributed by atoms with van der Waals surface area (Å²) in [7, 11) is 2.07. The highest BCUT2D eigenvalue weighted by Gasteiger charge is 2.24. The minimum absolute atomic E-state index is 0.102. The largest absolute Gasteiger partial charge is 0.436 e. The number of amides is 2. The summed E-state index contributed by atoms with van der Waals surface area (Å²) in [5, 5.41) is 0. The van der Waals surface area contributed by atoms with Gasteiger partial charge in [-0.2, -0.15) is 0 Å². The third-order valence-corrected chi connectivity index (χ3v) is 4.42. The van der Waals surface area contributed by atoms with E-state index in [-0.39, 0.29) is 24.5 Å². The maximum absolute atomic E-state index is 12.0. The van der Waals surface area contributed by atoms with Crippen molar-refractivity contribution >= 4 is 12.0 Å². The Morgan fingerprint density at radius 1 is 1.22 bits per heavy atom. The van der Waals surface area contributed by atoms with Gasteiger partial charge in [-0.3, -0.25) is 4.79 Å². The van der Waals surface area contributed by atoms with E-state index in [2.05, 4.69) is 44.6 Å². The Labute approximate surface area is 165 Å². The second-order valence-corrected chi connectivity index (χ2v) is 7.86. The van der Waals surface area contributed by atoms with Crippen molar-refractivity contribution in [1.29, 1.82) is 0 Å². The first-order valence-corrected chi connectivity index (χ1v) is 9.99. The van der Waals surface area contributed by atoms with Crippen LogP contribution in [0.4, 0.5) is 4.79 Å². The Hall–Kier alpha value is -1.74. The van der Waals surface area contributed by atoms with Crippen molar-refractivity contribution in [3.05, 3.63) is 0 Å². The zero-order chi connectivity index (χ0) is 20.8. The Bertz CT molecular complexity index is 494. The highest BCUT2D eigenvalue weighted by Crippen LogP contribution is 2.17. The smallest absolute Gasteiger partial charge is 0.410 e. The molecule has 0 saturated carbocycles. The van der Waals surface area contributed by atoms with E-state index in [1.807, 2.05) is 6.92 Å². The van der Waals surface area contributed by atoms with Crippen LogP contribution in [0.25, 0.3) is 0 Å². The monoisotopic (exact) mass is 381 g/mol. The van der Waals surface area contributed by atoms with Gasteiger partial charge in [0, 0.05) is 25.0 Å². The van der Waals surface area contributed by atoms with Crippen LogP contribution in [0, 0.1) is 23.7 Å². The molecule has 1 aliphatic heterocycles. The van der Waals surface area contributed by atoms with Crippen molar-refractivity contribution in [3.8, 4) is 11.8 Å². The van der Waals surface area contributed by atoms with Gasteiger partial charge in [0.1, 0.15) is 0 Å². The topological polar surface area (TPSA) is 75.9 Å². The highest BCUT2D eigenvalue weighted by molar-refractivity contribution is 5.76. The van der Waals surface area contributed by atoms with Crippen molar-refractivity contribution in [2.45, 2.75) is 66.3 Å². The molecule has 1 rings (SSSR count). The summed E-state index contributed by atoms with van der Waals surface area (Å²) >= 11 is 0. The summed E-state index contributed by atoms with van der Waals surface area (Å²) in [5.74, 6) is 5.92. The first kappa shape index (κ1) is 25.3. The molecule has 2 N–H and O–H groups in total. The Morgan fingerprint density at radius 3 is 2.41 bits per heavy atom. The van der Waals surface area contributed by atoms with E-state index >= 15 is 0 Å². The van der Waals surface area contributed by atoms with E-state index in [0.717, 1.165) is 44.7 Å². The van der Waals surface area contributed by atoms with Crippen LogP contribution < -0.4 is 5.73 Å². The summed E-state index contributed by atoms with van der Waals surface area (Å²) in [6.45, 7) is 12.5. The fourth-order valence-electron chi connectivity index (χ4n) is 2.69. The number of likely N-dealkylation sites (tertiary alicyclic amines) is 1. The number of carbonyl (C=O) groups excluding carboxylic acids is 2. The molecule has 0 aromatic heterocycles. The van der Waals surface area contributed by atoms with Gasteiger partial charge in [-0.05, 0) is 52.1 Å². The number of hydrogen-bond acceptors (Lipinski definition) is 4. The predicted molar refractivity (Wildman–Crippen MR) is 110 cm³/mol. The van der Waals surface area contributed by atoms with Crippen LogP contribution in [-0.2, 0) is 9.53 Å². The van der Waals surface area contributed by atoms with Crippen molar-refractivity contribution in [3.63, 3.8) is 0 Å². The lowest BCUT2D eigenvalue weighted by Crippen LogP contribution is -2.36. The van der Waals surface area contributed by atoms with Crippen LogP contribution >= 0.6 is 0 Å². The predicted octanol–water partition coefficient (Wildman–Crippen LogP) is 3.11. The van der Waals surface area contributed by atoms with Gasteiger partial charge in [0.2, 0.25) is 5.91 Å². The molecule has 0 aromatic rings. The molecule has 0 bridgehead atoms. The third kappa shape index (κ3) is 12.3. The number of hydrogen-bond donors (Lipinski definition) is 1. The second kappa shape index (κ2) is 14.3. The summed E-state index contributed by atoms with van der Waals surface area (Å²) in [4.78, 5) is 27.1. The molecule has 6 heteroatoms. The van der Waals surface area contributed by atoms with E-state index < -0.39 is 0 Å². The molecule has 1 fully saturated rings. The summed E-state index contributed by atoms with van der Waals surface area (Å²) in [6, 6.07) is 0.420. The molecule has 0 aliphatic carbocycles. The van der Waals surface area contributed by atoms with Crippen LogP contribution in [0.15, 0.2) is 0 Å². The van der Waals surface area contributed by atoms with E-state index in [1.54, 1.807) is 11.8 Å². The number of nitrogens with two attached hydrogens (primary N) is 1. The molecule has 6 nitrogen and oxygen atoms in total. The average molecular weight is 382 g/mol. The molecular weight excluding hydrogens is 342 g/mol. The number of rotatable bonds is 6. The molecule has 156 valence electrons. The van der Waals surface area contributed by atoms with Crippen LogP contribution in [0.5, 0.6) is 0 Å². The lowest BCUT2D eigenvalue weighted by molar-refractivity contribution is -0.121. The normalized spacial score (nSPS) is 17.9. The fourth-order valence-corrected chi connectivity index (χ4v) is 2.69. The number of primary amides is 1. The maximum Gasteiger partial charge on any atom is 0.410 e. The van der Waals surface area contributed by atoms with E-state index in [4.69, 9.17) is 10.5 Å². The standard InChI is InChI=1S/C17H29N3O3.C4H10/c1-4-5-13-23-17(22)20-10-6-7-15(9-12-20)19(3)11-8-14(2)16(18)21;1-4(2)3/h14-15H,6-13H2,1-3H3,(H2,18,21);4H,1-3H3. The molecule has 0 aromatic carbocycles. The van der Waals surface area contributed by atoms with Crippen molar-refractivity contribution in [2.24, 2.45) is 17.6 Å². The minimum Gasteiger partial charge on any atom is -0.436 e.